The molecular formula is C18H27N3O2. The molecule has 1 atom stereocenters. The molecule has 1 aliphatic rings. The van der Waals surface area contributed by atoms with Crippen LogP contribution in [0.1, 0.15) is 45.6 Å². The summed E-state index contributed by atoms with van der Waals surface area (Å²) in [4.78, 5) is 26.0. The standard InChI is InChI=1S/C18H27N3O2/c1-18(2,3)16(19)17(23)20-14-8-6-7-13(11-14)12-21-10-5-4-9-15(21)22/h6-8,11,16H,4-5,9-10,12,19H2,1-3H3,(H,20,23)/t16-/m1/s1. The molecule has 0 spiro atoms. The van der Waals surface area contributed by atoms with E-state index in [0.29, 0.717) is 13.0 Å². The van der Waals surface area contributed by atoms with Gasteiger partial charge in [0, 0.05) is 25.2 Å². The fourth-order valence-corrected chi connectivity index (χ4v) is 2.61. The minimum Gasteiger partial charge on any atom is -0.338 e. The van der Waals surface area contributed by atoms with Gasteiger partial charge in [-0.3, -0.25) is 9.59 Å². The van der Waals surface area contributed by atoms with E-state index in [2.05, 4.69) is 5.32 Å². The van der Waals surface area contributed by atoms with Gasteiger partial charge in [-0.2, -0.15) is 0 Å². The van der Waals surface area contributed by atoms with E-state index < -0.39 is 6.04 Å². The normalized spacial score (nSPS) is 17.0. The fourth-order valence-electron chi connectivity index (χ4n) is 2.61. The fraction of sp³-hybridized carbons (Fsp3) is 0.556. The second-order valence-electron chi connectivity index (χ2n) is 7.31. The Morgan fingerprint density at radius 3 is 2.74 bits per heavy atom. The Morgan fingerprint density at radius 2 is 2.09 bits per heavy atom. The molecule has 5 heteroatoms. The second-order valence-corrected chi connectivity index (χ2v) is 7.31. The summed E-state index contributed by atoms with van der Waals surface area (Å²) in [5.74, 6) is 0.0177. The van der Waals surface area contributed by atoms with Crippen LogP contribution in [0.15, 0.2) is 24.3 Å². The summed E-state index contributed by atoms with van der Waals surface area (Å²) in [6, 6.07) is 7.04. The van der Waals surface area contributed by atoms with Crippen LogP contribution >= 0.6 is 0 Å². The van der Waals surface area contributed by atoms with Gasteiger partial charge in [0.2, 0.25) is 11.8 Å². The molecule has 0 radical (unpaired) electrons. The molecule has 0 saturated carbocycles. The Bertz CT molecular complexity index is 578. The molecule has 1 heterocycles. The summed E-state index contributed by atoms with van der Waals surface area (Å²) in [5.41, 5.74) is 7.43. The summed E-state index contributed by atoms with van der Waals surface area (Å²) in [6.07, 6.45) is 2.68. The van der Waals surface area contributed by atoms with E-state index >= 15 is 0 Å². The minimum atomic E-state index is -0.574. The third kappa shape index (κ3) is 4.79. The first-order chi connectivity index (χ1) is 10.8. The van der Waals surface area contributed by atoms with Gasteiger partial charge in [0.25, 0.3) is 0 Å². The van der Waals surface area contributed by atoms with E-state index in [1.807, 2.05) is 49.9 Å². The van der Waals surface area contributed by atoms with E-state index in [1.54, 1.807) is 0 Å². The average Bonchev–Trinajstić information content (AvgIpc) is 2.48. The molecular weight excluding hydrogens is 290 g/mol. The molecule has 126 valence electrons. The Balaban J connectivity index is 2.02. The molecule has 2 rings (SSSR count). The van der Waals surface area contributed by atoms with Crippen LogP contribution in [0.5, 0.6) is 0 Å². The Morgan fingerprint density at radius 1 is 1.35 bits per heavy atom. The van der Waals surface area contributed by atoms with E-state index in [0.717, 1.165) is 30.6 Å². The summed E-state index contributed by atoms with van der Waals surface area (Å²) >= 11 is 0. The second kappa shape index (κ2) is 7.13. The van der Waals surface area contributed by atoms with Crippen molar-refractivity contribution in [3.05, 3.63) is 29.8 Å². The van der Waals surface area contributed by atoms with Crippen molar-refractivity contribution in [1.82, 2.24) is 4.90 Å². The highest BCUT2D eigenvalue weighted by Crippen LogP contribution is 2.20. The van der Waals surface area contributed by atoms with E-state index in [4.69, 9.17) is 5.73 Å². The summed E-state index contributed by atoms with van der Waals surface area (Å²) in [7, 11) is 0. The molecule has 3 N–H and O–H groups in total. The van der Waals surface area contributed by atoms with Crippen LogP contribution in [-0.2, 0) is 16.1 Å². The van der Waals surface area contributed by atoms with Gasteiger partial charge in [0.1, 0.15) is 0 Å². The number of nitrogens with zero attached hydrogens (tertiary/aromatic N) is 1. The number of likely N-dealkylation sites (tertiary alicyclic amines) is 1. The lowest BCUT2D eigenvalue weighted by atomic mass is 9.87. The maximum Gasteiger partial charge on any atom is 0.241 e. The van der Waals surface area contributed by atoms with Gasteiger partial charge in [-0.1, -0.05) is 32.9 Å². The molecule has 1 aromatic rings. The number of hydrogen-bond donors (Lipinski definition) is 2. The van der Waals surface area contributed by atoms with Gasteiger partial charge in [-0.15, -0.1) is 0 Å². The maximum atomic E-state index is 12.2. The predicted octanol–water partition coefficient (Wildman–Crippen LogP) is 2.51. The molecule has 1 saturated heterocycles. The van der Waals surface area contributed by atoms with Gasteiger partial charge in [-0.25, -0.2) is 0 Å². The lowest BCUT2D eigenvalue weighted by Crippen LogP contribution is -2.45. The number of piperidine rings is 1. The zero-order valence-electron chi connectivity index (χ0n) is 14.3. The van der Waals surface area contributed by atoms with Gasteiger partial charge < -0.3 is 16.0 Å². The average molecular weight is 317 g/mol. The van der Waals surface area contributed by atoms with Crippen LogP contribution < -0.4 is 11.1 Å². The zero-order valence-corrected chi connectivity index (χ0v) is 14.3. The number of rotatable bonds is 4. The summed E-state index contributed by atoms with van der Waals surface area (Å²) in [6.45, 7) is 7.22. The lowest BCUT2D eigenvalue weighted by molar-refractivity contribution is -0.133. The molecule has 0 unspecified atom stereocenters. The third-order valence-electron chi connectivity index (χ3n) is 4.20. The van der Waals surface area contributed by atoms with Crippen molar-refractivity contribution < 1.29 is 9.59 Å². The SMILES string of the molecule is CC(C)(C)[C@H](N)C(=O)Nc1cccc(CN2CCCCC2=O)c1. The smallest absolute Gasteiger partial charge is 0.241 e. The first kappa shape index (κ1) is 17.5. The van der Waals surface area contributed by atoms with Crippen LogP contribution in [0.3, 0.4) is 0 Å². The van der Waals surface area contributed by atoms with Crippen molar-refractivity contribution in [3.63, 3.8) is 0 Å². The highest BCUT2D eigenvalue weighted by atomic mass is 16.2. The zero-order chi connectivity index (χ0) is 17.0. The molecule has 2 amide bonds. The number of hydrogen-bond acceptors (Lipinski definition) is 3. The number of benzene rings is 1. The Labute approximate surface area is 138 Å². The van der Waals surface area contributed by atoms with Crippen molar-refractivity contribution in [1.29, 1.82) is 0 Å². The molecule has 23 heavy (non-hydrogen) atoms. The predicted molar refractivity (Wildman–Crippen MR) is 91.8 cm³/mol. The number of nitrogens with one attached hydrogen (secondary N) is 1. The monoisotopic (exact) mass is 317 g/mol. The molecule has 1 fully saturated rings. The molecule has 0 bridgehead atoms. The van der Waals surface area contributed by atoms with Crippen LogP contribution in [-0.4, -0.2) is 29.3 Å². The molecule has 1 aromatic carbocycles. The first-order valence-corrected chi connectivity index (χ1v) is 8.20. The van der Waals surface area contributed by atoms with Gasteiger partial charge in [0.15, 0.2) is 0 Å². The van der Waals surface area contributed by atoms with E-state index in [-0.39, 0.29) is 17.2 Å². The van der Waals surface area contributed by atoms with E-state index in [9.17, 15) is 9.59 Å². The summed E-state index contributed by atoms with van der Waals surface area (Å²) < 4.78 is 0. The van der Waals surface area contributed by atoms with Crippen LogP contribution in [0, 0.1) is 5.41 Å². The number of amides is 2. The number of carbonyl (C=O) groups is 2. The van der Waals surface area contributed by atoms with Crippen LogP contribution in [0.2, 0.25) is 0 Å². The maximum absolute atomic E-state index is 12.2. The summed E-state index contributed by atoms with van der Waals surface area (Å²) in [5, 5.41) is 2.87. The molecule has 5 nitrogen and oxygen atoms in total. The topological polar surface area (TPSA) is 75.4 Å². The first-order valence-electron chi connectivity index (χ1n) is 8.20. The van der Waals surface area contributed by atoms with Gasteiger partial charge in [-0.05, 0) is 36.0 Å². The number of nitrogens with two attached hydrogens (primary N) is 1. The number of carbonyl (C=O) groups excluding carboxylic acids is 2. The van der Waals surface area contributed by atoms with Gasteiger partial charge >= 0.3 is 0 Å². The molecule has 0 aromatic heterocycles. The van der Waals surface area contributed by atoms with Crippen molar-refractivity contribution in [3.8, 4) is 0 Å². The quantitative estimate of drug-likeness (QED) is 0.896. The van der Waals surface area contributed by atoms with E-state index in [1.165, 1.54) is 0 Å². The lowest BCUT2D eigenvalue weighted by Gasteiger charge is -2.27. The molecule has 0 aliphatic carbocycles. The minimum absolute atomic E-state index is 0.191. The number of anilines is 1. The third-order valence-corrected chi connectivity index (χ3v) is 4.20. The van der Waals surface area contributed by atoms with Crippen LogP contribution in [0.4, 0.5) is 5.69 Å². The van der Waals surface area contributed by atoms with Crippen molar-refractivity contribution in [2.24, 2.45) is 11.1 Å². The Hall–Kier alpha value is -1.88. The van der Waals surface area contributed by atoms with Gasteiger partial charge in [0.05, 0.1) is 6.04 Å². The van der Waals surface area contributed by atoms with Crippen molar-refractivity contribution in [2.45, 2.75) is 52.6 Å². The van der Waals surface area contributed by atoms with Crippen molar-refractivity contribution >= 4 is 17.5 Å². The van der Waals surface area contributed by atoms with Crippen LogP contribution in [0.25, 0.3) is 0 Å². The Kier molecular flexibility index (Phi) is 5.42. The molecule has 1 aliphatic heterocycles. The van der Waals surface area contributed by atoms with Crippen molar-refractivity contribution in [2.75, 3.05) is 11.9 Å². The largest absolute Gasteiger partial charge is 0.338 e. The highest BCUT2D eigenvalue weighted by molar-refractivity contribution is 5.95. The highest BCUT2D eigenvalue weighted by Gasteiger charge is 2.27.